The Morgan fingerprint density at radius 1 is 1.10 bits per heavy atom. The van der Waals surface area contributed by atoms with Crippen LogP contribution in [0.3, 0.4) is 0 Å². The Morgan fingerprint density at radius 3 is 1.90 bits per heavy atom. The van der Waals surface area contributed by atoms with Crippen LogP contribution in [-0.4, -0.2) is 0 Å². The monoisotopic (exact) mass is 209 g/mol. The molecule has 1 aromatic rings. The molecule has 49 valence electrons. The maximum atomic E-state index is 8.16. The van der Waals surface area contributed by atoms with Gasteiger partial charge in [-0.25, -0.2) is 0 Å². The molecule has 0 saturated heterocycles. The van der Waals surface area contributed by atoms with E-state index in [1.807, 2.05) is 18.2 Å². The zero-order chi connectivity index (χ0) is 5.82. The van der Waals surface area contributed by atoms with Gasteiger partial charge in [0.15, 0.2) is 4.98 Å². The summed E-state index contributed by atoms with van der Waals surface area (Å²) < 4.78 is 0. The fourth-order valence-electron chi connectivity index (χ4n) is 0.495. The summed E-state index contributed by atoms with van der Waals surface area (Å²) in [7, 11) is 0. The second kappa shape index (κ2) is 6.86. The van der Waals surface area contributed by atoms with Crippen molar-refractivity contribution in [3.63, 3.8) is 0 Å². The molecule has 10 heavy (non-hydrogen) atoms. The van der Waals surface area contributed by atoms with Gasteiger partial charge in [-0.05, 0) is 0 Å². The second-order valence-electron chi connectivity index (χ2n) is 1.44. The van der Waals surface area contributed by atoms with Gasteiger partial charge in [0.05, 0.1) is 0 Å². The first-order valence-electron chi connectivity index (χ1n) is 2.33. The molecule has 0 atom stereocenters. The van der Waals surface area contributed by atoms with Gasteiger partial charge in [-0.2, -0.15) is 0 Å². The Kier molecular flexibility index (Phi) is 8.52. The van der Waals surface area contributed by atoms with Crippen molar-refractivity contribution in [3.8, 4) is 0 Å². The van der Waals surface area contributed by atoms with Gasteiger partial charge in [0.25, 0.3) is 0 Å². The number of hydrogen-bond donors (Lipinski definition) is 0. The third-order valence-electron chi connectivity index (χ3n) is 0.872. The summed E-state index contributed by atoms with van der Waals surface area (Å²) in [5, 5.41) is 8.16. The summed E-state index contributed by atoms with van der Waals surface area (Å²) in [5.74, 6) is 0. The van der Waals surface area contributed by atoms with Gasteiger partial charge in [0.2, 0.25) is 5.39 Å². The number of rotatable bonds is 0. The molecule has 0 fully saturated rings. The average Bonchev–Trinajstić information content (AvgIpc) is 1.90. The molecule has 0 saturated carbocycles. The molecule has 1 aromatic carbocycles. The van der Waals surface area contributed by atoms with E-state index in [1.54, 1.807) is 12.1 Å². The zero-order valence-electron chi connectivity index (χ0n) is 5.86. The van der Waals surface area contributed by atoms with Crippen molar-refractivity contribution < 1.29 is 32.7 Å². The van der Waals surface area contributed by atoms with Crippen molar-refractivity contribution in [2.45, 2.75) is 0 Å². The van der Waals surface area contributed by atoms with Gasteiger partial charge >= 0.3 is 5.69 Å². The number of nitrogens with zero attached hydrogens (tertiary/aromatic N) is 2. The maximum absolute atomic E-state index is 8.16. The van der Waals surface area contributed by atoms with Gasteiger partial charge in [-0.15, -0.1) is 0 Å². The van der Waals surface area contributed by atoms with E-state index >= 15 is 0 Å². The molecule has 1 rings (SSSR count). The maximum Gasteiger partial charge on any atom is 0.385 e. The Balaban J connectivity index is 0. The molecule has 3 heteroatoms. The topological polar surface area (TPSA) is 28.1 Å². The van der Waals surface area contributed by atoms with E-state index in [0.717, 1.165) is 0 Å². The zero-order valence-corrected chi connectivity index (χ0v) is 8.70. The predicted octanol–water partition coefficient (Wildman–Crippen LogP) is 2.62. The summed E-state index contributed by atoms with van der Waals surface area (Å²) in [5.41, 5.74) is 0.590. The molecule has 2 nitrogen and oxygen atoms in total. The Bertz CT molecular complexity index is 203. The molecule has 0 bridgehead atoms. The van der Waals surface area contributed by atoms with Crippen LogP contribution in [0.15, 0.2) is 30.3 Å². The minimum atomic E-state index is 0. The molecule has 1 radical (unpaired) electrons. The summed E-state index contributed by atoms with van der Waals surface area (Å²) in [6.45, 7) is 0. The predicted molar refractivity (Wildman–Crippen MR) is 37.6 cm³/mol. The molecule has 0 aliphatic heterocycles. The van der Waals surface area contributed by atoms with Crippen LogP contribution in [0, 0.1) is 12.8 Å². The van der Waals surface area contributed by atoms with Crippen LogP contribution in [0.2, 0.25) is 0 Å². The van der Waals surface area contributed by atoms with E-state index < -0.39 is 0 Å². The van der Waals surface area contributed by atoms with Gasteiger partial charge in [0.1, 0.15) is 0 Å². The first-order chi connectivity index (χ1) is 3.93. The van der Waals surface area contributed by atoms with Crippen molar-refractivity contribution in [2.75, 3.05) is 0 Å². The van der Waals surface area contributed by atoms with Crippen molar-refractivity contribution in [3.05, 3.63) is 42.7 Å². The molecule has 0 spiro atoms. The molecule has 0 aliphatic carbocycles. The first kappa shape index (κ1) is 12.4. The van der Waals surface area contributed by atoms with Crippen molar-refractivity contribution >= 4 is 5.69 Å². The normalized spacial score (nSPS) is 6.30. The van der Waals surface area contributed by atoms with E-state index in [1.165, 1.54) is 0 Å². The molecule has 0 amide bonds. The molecule has 0 unspecified atom stereocenters. The average molecular weight is 209 g/mol. The van der Waals surface area contributed by atoms with E-state index in [9.17, 15) is 0 Å². The third-order valence-corrected chi connectivity index (χ3v) is 0.872. The molecule has 0 aromatic heterocycles. The smallest absolute Gasteiger partial charge is 0.358 e. The Labute approximate surface area is 86.1 Å². The van der Waals surface area contributed by atoms with Crippen molar-refractivity contribution in [1.82, 2.24) is 0 Å². The minimum absolute atomic E-state index is 0. The van der Waals surface area contributed by atoms with E-state index in [0.29, 0.717) is 5.69 Å². The molecule has 0 heterocycles. The summed E-state index contributed by atoms with van der Waals surface area (Å²) >= 11 is 0. The molecule has 0 N–H and O–H groups in total. The minimum Gasteiger partial charge on any atom is -0.358 e. The summed E-state index contributed by atoms with van der Waals surface area (Å²) in [4.78, 5) is 2.97. The molecular formula is C7H8N2Y. The second-order valence-corrected chi connectivity index (χ2v) is 1.44. The van der Waals surface area contributed by atoms with Crippen LogP contribution in [-0.2, 0) is 32.7 Å². The Hall–Kier alpha value is -0.256. The van der Waals surface area contributed by atoms with Crippen LogP contribution in [0.1, 0.15) is 0 Å². The SMILES string of the molecule is N#[N+]c1ccccc1.[CH3-].[Y]. The van der Waals surface area contributed by atoms with E-state index in [2.05, 4.69) is 4.98 Å². The molecule has 0 aliphatic rings. The first-order valence-corrected chi connectivity index (χ1v) is 2.33. The molecular weight excluding hydrogens is 201 g/mol. The number of benzene rings is 1. The van der Waals surface area contributed by atoms with Gasteiger partial charge in [-0.3, -0.25) is 0 Å². The van der Waals surface area contributed by atoms with Crippen LogP contribution in [0.25, 0.3) is 4.98 Å². The number of diazo groups is 1. The fraction of sp³-hybridized carbons (Fsp3) is 0. The third kappa shape index (κ3) is 3.71. The van der Waals surface area contributed by atoms with Crippen LogP contribution < -0.4 is 0 Å². The quantitative estimate of drug-likeness (QED) is 0.476. The standard InChI is InChI=1S/C6H5N2.CH3.Y/c7-8-6-4-2-1-3-5-6;;/h1-5H;1H3;/q+1;-1;. The van der Waals surface area contributed by atoms with E-state index in [4.69, 9.17) is 5.39 Å². The van der Waals surface area contributed by atoms with Crippen molar-refractivity contribution in [2.24, 2.45) is 0 Å². The summed E-state index contributed by atoms with van der Waals surface area (Å²) in [6.07, 6.45) is 0. The van der Waals surface area contributed by atoms with Gasteiger partial charge < -0.3 is 7.43 Å². The van der Waals surface area contributed by atoms with Crippen LogP contribution in [0.5, 0.6) is 0 Å². The fourth-order valence-corrected chi connectivity index (χ4v) is 0.495. The summed E-state index contributed by atoms with van der Waals surface area (Å²) in [6, 6.07) is 8.94. The Morgan fingerprint density at radius 2 is 1.60 bits per heavy atom. The van der Waals surface area contributed by atoms with Crippen LogP contribution in [0.4, 0.5) is 5.69 Å². The number of hydrogen-bond acceptors (Lipinski definition) is 1. The van der Waals surface area contributed by atoms with Crippen LogP contribution >= 0.6 is 0 Å². The van der Waals surface area contributed by atoms with E-state index in [-0.39, 0.29) is 40.1 Å². The van der Waals surface area contributed by atoms with Gasteiger partial charge in [0, 0.05) is 44.8 Å². The largest absolute Gasteiger partial charge is 0.385 e. The van der Waals surface area contributed by atoms with Gasteiger partial charge in [-0.1, -0.05) is 18.2 Å². The van der Waals surface area contributed by atoms with Crippen molar-refractivity contribution in [1.29, 1.82) is 5.39 Å².